The Morgan fingerprint density at radius 1 is 0.789 bits per heavy atom. The molecule has 0 aromatic heterocycles. The van der Waals surface area contributed by atoms with E-state index >= 15 is 0 Å². The third-order valence-electron chi connectivity index (χ3n) is 7.40. The van der Waals surface area contributed by atoms with Gasteiger partial charge in [-0.2, -0.15) is 11.8 Å². The number of rotatable bonds is 23. The Morgan fingerprint density at radius 3 is 1.84 bits per heavy atom. The van der Waals surface area contributed by atoms with Gasteiger partial charge in [0, 0.05) is 12.2 Å². The van der Waals surface area contributed by atoms with E-state index in [4.69, 9.17) is 4.74 Å². The summed E-state index contributed by atoms with van der Waals surface area (Å²) in [6.45, 7) is 11.2. The van der Waals surface area contributed by atoms with Crippen molar-refractivity contribution in [1.82, 2.24) is 0 Å². The van der Waals surface area contributed by atoms with Gasteiger partial charge in [0.05, 0.1) is 0 Å². The van der Waals surface area contributed by atoms with E-state index in [9.17, 15) is 9.90 Å². The first-order valence-electron chi connectivity index (χ1n) is 15.8. The smallest absolute Gasteiger partial charge is 0.305 e. The van der Waals surface area contributed by atoms with Gasteiger partial charge in [0.25, 0.3) is 0 Å². The molecule has 0 saturated carbocycles. The SMILES string of the molecule is CCCCCCCCCCCCCCCCCC(=O)OCCSCCCc1cc(C)c(O)c(C(C)(C)C)c1. The van der Waals surface area contributed by atoms with Gasteiger partial charge in [-0.3, -0.25) is 4.79 Å². The number of hydrogen-bond donors (Lipinski definition) is 1. The molecule has 38 heavy (non-hydrogen) atoms. The van der Waals surface area contributed by atoms with Crippen molar-refractivity contribution in [2.24, 2.45) is 0 Å². The molecular weight excluding hydrogens is 488 g/mol. The van der Waals surface area contributed by atoms with Crippen LogP contribution in [0.25, 0.3) is 0 Å². The van der Waals surface area contributed by atoms with Gasteiger partial charge in [-0.05, 0) is 54.0 Å². The molecule has 0 heterocycles. The van der Waals surface area contributed by atoms with Crippen LogP contribution in [-0.2, 0) is 21.4 Å². The summed E-state index contributed by atoms with van der Waals surface area (Å²) >= 11 is 1.85. The van der Waals surface area contributed by atoms with Crippen LogP contribution < -0.4 is 0 Å². The van der Waals surface area contributed by atoms with Crippen molar-refractivity contribution >= 4 is 17.7 Å². The van der Waals surface area contributed by atoms with Crippen LogP contribution in [-0.4, -0.2) is 29.2 Å². The Hall–Kier alpha value is -1.16. The lowest BCUT2D eigenvalue weighted by Crippen LogP contribution is -2.12. The first-order chi connectivity index (χ1) is 18.3. The number of hydrogen-bond acceptors (Lipinski definition) is 4. The van der Waals surface area contributed by atoms with E-state index in [1.54, 1.807) is 0 Å². The second-order valence-electron chi connectivity index (χ2n) is 12.2. The first-order valence-corrected chi connectivity index (χ1v) is 17.0. The fourth-order valence-corrected chi connectivity index (χ4v) is 5.73. The highest BCUT2D eigenvalue weighted by Gasteiger charge is 2.20. The van der Waals surface area contributed by atoms with Gasteiger partial charge in [-0.15, -0.1) is 0 Å². The standard InChI is InChI=1S/C34H60O3S/c1-6-7-8-9-10-11-12-13-14-15-16-17-18-19-20-23-32(35)37-24-26-38-25-21-22-30-27-29(2)33(36)31(28-30)34(3,4)5/h27-28,36H,6-26H2,1-5H3. The Kier molecular flexibility index (Phi) is 19.9. The minimum atomic E-state index is -0.0596. The number of thioether (sulfide) groups is 1. The lowest BCUT2D eigenvalue weighted by Gasteiger charge is -2.22. The third-order valence-corrected chi connectivity index (χ3v) is 8.43. The second kappa shape index (κ2) is 21.6. The molecule has 0 atom stereocenters. The van der Waals surface area contributed by atoms with Gasteiger partial charge >= 0.3 is 5.97 Å². The molecule has 0 saturated heterocycles. The molecule has 0 aliphatic rings. The van der Waals surface area contributed by atoms with Crippen LogP contribution in [0.3, 0.4) is 0 Å². The van der Waals surface area contributed by atoms with Crippen LogP contribution in [0.15, 0.2) is 12.1 Å². The number of benzene rings is 1. The number of phenols is 1. The maximum absolute atomic E-state index is 12.0. The van der Waals surface area contributed by atoms with E-state index in [2.05, 4.69) is 39.8 Å². The van der Waals surface area contributed by atoms with Crippen molar-refractivity contribution in [1.29, 1.82) is 0 Å². The quantitative estimate of drug-likeness (QED) is 0.109. The Balaban J connectivity index is 1.92. The van der Waals surface area contributed by atoms with E-state index in [1.807, 2.05) is 18.7 Å². The van der Waals surface area contributed by atoms with E-state index in [0.717, 1.165) is 48.3 Å². The molecule has 0 aliphatic heterocycles. The molecule has 0 aliphatic carbocycles. The highest BCUT2D eigenvalue weighted by atomic mass is 32.2. The van der Waals surface area contributed by atoms with Crippen LogP contribution in [0, 0.1) is 6.92 Å². The van der Waals surface area contributed by atoms with Crippen LogP contribution in [0.2, 0.25) is 0 Å². The minimum Gasteiger partial charge on any atom is -0.507 e. The summed E-state index contributed by atoms with van der Waals surface area (Å²) in [7, 11) is 0. The van der Waals surface area contributed by atoms with Gasteiger partial charge in [0.2, 0.25) is 0 Å². The maximum Gasteiger partial charge on any atom is 0.305 e. The fourth-order valence-electron chi connectivity index (χ4n) is 4.98. The monoisotopic (exact) mass is 548 g/mol. The van der Waals surface area contributed by atoms with Crippen molar-refractivity contribution in [3.05, 3.63) is 28.8 Å². The summed E-state index contributed by atoms with van der Waals surface area (Å²) in [5, 5.41) is 10.4. The van der Waals surface area contributed by atoms with Crippen molar-refractivity contribution in [3.8, 4) is 5.75 Å². The van der Waals surface area contributed by atoms with Gasteiger partial charge in [-0.25, -0.2) is 0 Å². The molecule has 1 rings (SSSR count). The number of esters is 1. The number of carbonyl (C=O) groups excluding carboxylic acids is 1. The predicted molar refractivity (Wildman–Crippen MR) is 168 cm³/mol. The summed E-state index contributed by atoms with van der Waals surface area (Å²) in [6.07, 6.45) is 22.8. The molecule has 4 heteroatoms. The highest BCUT2D eigenvalue weighted by molar-refractivity contribution is 7.99. The van der Waals surface area contributed by atoms with Crippen molar-refractivity contribution in [3.63, 3.8) is 0 Å². The molecule has 3 nitrogen and oxygen atoms in total. The maximum atomic E-state index is 12.0. The molecule has 0 bridgehead atoms. The largest absolute Gasteiger partial charge is 0.507 e. The first kappa shape index (κ1) is 34.9. The molecule has 0 radical (unpaired) electrons. The Morgan fingerprint density at radius 2 is 1.32 bits per heavy atom. The zero-order valence-corrected chi connectivity index (χ0v) is 26.5. The number of phenolic OH excluding ortho intramolecular Hbond substituents is 1. The number of ether oxygens (including phenoxy) is 1. The van der Waals surface area contributed by atoms with Crippen LogP contribution in [0.4, 0.5) is 0 Å². The topological polar surface area (TPSA) is 46.5 Å². The lowest BCUT2D eigenvalue weighted by molar-refractivity contribution is -0.143. The zero-order chi connectivity index (χ0) is 28.1. The van der Waals surface area contributed by atoms with Gasteiger partial charge in [0.15, 0.2) is 0 Å². The number of unbranched alkanes of at least 4 members (excludes halogenated alkanes) is 14. The van der Waals surface area contributed by atoms with Crippen molar-refractivity contribution < 1.29 is 14.6 Å². The molecular formula is C34H60O3S. The Labute approximate surface area is 240 Å². The molecule has 1 aromatic rings. The van der Waals surface area contributed by atoms with Crippen LogP contribution >= 0.6 is 11.8 Å². The number of aromatic hydroxyl groups is 1. The molecule has 1 N–H and O–H groups in total. The summed E-state index contributed by atoms with van der Waals surface area (Å²) in [5.74, 6) is 2.32. The van der Waals surface area contributed by atoms with Crippen molar-refractivity contribution in [2.75, 3.05) is 18.1 Å². The van der Waals surface area contributed by atoms with Crippen LogP contribution in [0.5, 0.6) is 5.75 Å². The van der Waals surface area contributed by atoms with E-state index in [-0.39, 0.29) is 11.4 Å². The van der Waals surface area contributed by atoms with Gasteiger partial charge in [0.1, 0.15) is 12.4 Å². The highest BCUT2D eigenvalue weighted by Crippen LogP contribution is 2.34. The van der Waals surface area contributed by atoms with Crippen LogP contribution in [0.1, 0.15) is 154 Å². The predicted octanol–water partition coefficient (Wildman–Crippen LogP) is 10.5. The average molecular weight is 549 g/mol. The molecule has 0 fully saturated rings. The summed E-state index contributed by atoms with van der Waals surface area (Å²) < 4.78 is 5.42. The van der Waals surface area contributed by atoms with Gasteiger partial charge in [-0.1, -0.05) is 130 Å². The Bertz CT molecular complexity index is 738. The molecule has 0 spiro atoms. The summed E-state index contributed by atoms with van der Waals surface area (Å²) in [6, 6.07) is 4.27. The summed E-state index contributed by atoms with van der Waals surface area (Å²) in [4.78, 5) is 12.0. The molecule has 0 amide bonds. The average Bonchev–Trinajstić information content (AvgIpc) is 2.87. The van der Waals surface area contributed by atoms with Crippen molar-refractivity contribution in [2.45, 2.75) is 156 Å². The van der Waals surface area contributed by atoms with Gasteiger partial charge < -0.3 is 9.84 Å². The minimum absolute atomic E-state index is 0.0328. The molecule has 220 valence electrons. The lowest BCUT2D eigenvalue weighted by atomic mass is 9.84. The normalized spacial score (nSPS) is 11.7. The van der Waals surface area contributed by atoms with E-state index in [0.29, 0.717) is 18.8 Å². The number of carbonyl (C=O) groups is 1. The summed E-state index contributed by atoms with van der Waals surface area (Å²) in [5.41, 5.74) is 3.22. The number of aryl methyl sites for hydroxylation is 2. The zero-order valence-electron chi connectivity index (χ0n) is 25.7. The van der Waals surface area contributed by atoms with E-state index in [1.165, 1.54) is 89.0 Å². The molecule has 0 unspecified atom stereocenters. The molecule has 1 aromatic carbocycles. The second-order valence-corrected chi connectivity index (χ2v) is 13.4. The third kappa shape index (κ3) is 17.4. The fraction of sp³-hybridized carbons (Fsp3) is 0.794. The van der Waals surface area contributed by atoms with E-state index < -0.39 is 0 Å².